The van der Waals surface area contributed by atoms with Crippen LogP contribution in [0.3, 0.4) is 0 Å². The van der Waals surface area contributed by atoms with E-state index >= 15 is 0 Å². The van der Waals surface area contributed by atoms with Gasteiger partial charge in [-0.25, -0.2) is 4.79 Å². The van der Waals surface area contributed by atoms with Gasteiger partial charge in [0.15, 0.2) is 0 Å². The Labute approximate surface area is 129 Å². The summed E-state index contributed by atoms with van der Waals surface area (Å²) in [5.41, 5.74) is 0.820. The van der Waals surface area contributed by atoms with Crippen molar-refractivity contribution in [2.45, 2.75) is 13.5 Å². The van der Waals surface area contributed by atoms with E-state index in [1.807, 2.05) is 7.05 Å². The molecule has 0 aliphatic heterocycles. The van der Waals surface area contributed by atoms with E-state index in [0.717, 1.165) is 12.1 Å². The molecule has 0 aliphatic rings. The van der Waals surface area contributed by atoms with E-state index in [9.17, 15) is 9.59 Å². The molecule has 2 N–H and O–H groups in total. The van der Waals surface area contributed by atoms with Gasteiger partial charge in [0, 0.05) is 20.0 Å². The summed E-state index contributed by atoms with van der Waals surface area (Å²) in [6, 6.07) is 6.74. The van der Waals surface area contributed by atoms with Crippen LogP contribution in [0, 0.1) is 0 Å². The Bertz CT molecular complexity index is 462. The molecule has 22 heavy (non-hydrogen) atoms. The van der Waals surface area contributed by atoms with E-state index in [0.29, 0.717) is 25.5 Å². The maximum absolute atomic E-state index is 11.5. The molecule has 0 spiro atoms. The molecule has 0 unspecified atom stereocenters. The van der Waals surface area contributed by atoms with Gasteiger partial charge in [0.1, 0.15) is 12.4 Å². The Morgan fingerprint density at radius 2 is 1.77 bits per heavy atom. The third-order valence-corrected chi connectivity index (χ3v) is 2.59. The summed E-state index contributed by atoms with van der Waals surface area (Å²) < 4.78 is 15.2. The van der Waals surface area contributed by atoms with Gasteiger partial charge in [-0.3, -0.25) is 4.79 Å². The summed E-state index contributed by atoms with van der Waals surface area (Å²) in [6.45, 7) is 3.72. The van der Waals surface area contributed by atoms with Gasteiger partial charge in [0.2, 0.25) is 0 Å². The van der Waals surface area contributed by atoms with Crippen LogP contribution < -0.4 is 15.4 Å². The molecule has 0 atom stereocenters. The Morgan fingerprint density at radius 1 is 1.09 bits per heavy atom. The van der Waals surface area contributed by atoms with Crippen molar-refractivity contribution in [1.29, 1.82) is 0 Å². The normalized spacial score (nSPS) is 10.1. The molecule has 122 valence electrons. The summed E-state index contributed by atoms with van der Waals surface area (Å²) in [5, 5.41) is 5.54. The first-order valence-electron chi connectivity index (χ1n) is 7.02. The Balaban J connectivity index is 2.22. The quantitative estimate of drug-likeness (QED) is 0.524. The highest BCUT2D eigenvalue weighted by molar-refractivity contribution is 5.70. The highest BCUT2D eigenvalue weighted by atomic mass is 16.6. The van der Waals surface area contributed by atoms with Crippen LogP contribution in [0.25, 0.3) is 0 Å². The van der Waals surface area contributed by atoms with Crippen LogP contribution >= 0.6 is 0 Å². The van der Waals surface area contributed by atoms with E-state index < -0.39 is 6.09 Å². The molecular formula is C15H22N2O5. The molecule has 7 heteroatoms. The predicted molar refractivity (Wildman–Crippen MR) is 80.7 cm³/mol. The molecule has 0 fully saturated rings. The average molecular weight is 310 g/mol. The van der Waals surface area contributed by atoms with E-state index in [1.165, 1.54) is 6.92 Å². The number of esters is 1. The number of ether oxygens (including phenoxy) is 3. The average Bonchev–Trinajstić information content (AvgIpc) is 2.50. The summed E-state index contributed by atoms with van der Waals surface area (Å²) in [7, 11) is 1.84. The number of hydrogen-bond acceptors (Lipinski definition) is 6. The third-order valence-electron chi connectivity index (χ3n) is 2.59. The lowest BCUT2D eigenvalue weighted by molar-refractivity contribution is -0.142. The molecule has 7 nitrogen and oxygen atoms in total. The van der Waals surface area contributed by atoms with Gasteiger partial charge in [-0.15, -0.1) is 0 Å². The van der Waals surface area contributed by atoms with Crippen LogP contribution in [0.4, 0.5) is 4.79 Å². The molecule has 1 amide bonds. The van der Waals surface area contributed by atoms with Crippen molar-refractivity contribution in [3.63, 3.8) is 0 Å². The minimum atomic E-state index is -0.537. The molecule has 0 heterocycles. The molecule has 0 aromatic heterocycles. The lowest BCUT2D eigenvalue weighted by Gasteiger charge is -2.08. The second kappa shape index (κ2) is 10.6. The number of hydrogen-bond donors (Lipinski definition) is 2. The van der Waals surface area contributed by atoms with Crippen LogP contribution in [0.5, 0.6) is 5.75 Å². The molecule has 0 saturated carbocycles. The minimum absolute atomic E-state index is 0.200. The van der Waals surface area contributed by atoms with E-state index in [4.69, 9.17) is 14.2 Å². The second-order valence-electron chi connectivity index (χ2n) is 4.46. The van der Waals surface area contributed by atoms with Crippen molar-refractivity contribution < 1.29 is 23.8 Å². The topological polar surface area (TPSA) is 85.9 Å². The van der Waals surface area contributed by atoms with Crippen molar-refractivity contribution in [3.8, 4) is 5.75 Å². The standard InChI is InChI=1S/C15H22N2O5/c1-12(18)21-11-13-3-5-14(6-4-13)22-15(19)17-8-10-20-9-7-16-2/h3-6,16H,7-11H2,1-2H3,(H,17,19). The first-order chi connectivity index (χ1) is 10.6. The number of carbonyl (C=O) groups is 2. The van der Waals surface area contributed by atoms with Crippen LogP contribution in [-0.4, -0.2) is 45.4 Å². The van der Waals surface area contributed by atoms with E-state index in [1.54, 1.807) is 24.3 Å². The molecule has 1 aromatic carbocycles. The van der Waals surface area contributed by atoms with Gasteiger partial charge in [-0.2, -0.15) is 0 Å². The van der Waals surface area contributed by atoms with E-state index in [2.05, 4.69) is 10.6 Å². The fourth-order valence-electron chi connectivity index (χ4n) is 1.48. The summed E-state index contributed by atoms with van der Waals surface area (Å²) in [5.74, 6) is 0.0804. The summed E-state index contributed by atoms with van der Waals surface area (Å²) in [6.07, 6.45) is -0.537. The highest BCUT2D eigenvalue weighted by Gasteiger charge is 2.04. The van der Waals surface area contributed by atoms with Crippen LogP contribution in [-0.2, 0) is 20.9 Å². The zero-order valence-corrected chi connectivity index (χ0v) is 12.9. The lowest BCUT2D eigenvalue weighted by Crippen LogP contribution is -2.30. The largest absolute Gasteiger partial charge is 0.461 e. The fraction of sp³-hybridized carbons (Fsp3) is 0.467. The van der Waals surface area contributed by atoms with Crippen LogP contribution in [0.15, 0.2) is 24.3 Å². The molecule has 1 aromatic rings. The van der Waals surface area contributed by atoms with Gasteiger partial charge < -0.3 is 24.8 Å². The van der Waals surface area contributed by atoms with Crippen molar-refractivity contribution in [3.05, 3.63) is 29.8 Å². The first-order valence-corrected chi connectivity index (χ1v) is 7.02. The molecule has 0 radical (unpaired) electrons. The van der Waals surface area contributed by atoms with Gasteiger partial charge >= 0.3 is 12.1 Å². The molecular weight excluding hydrogens is 288 g/mol. The molecule has 0 bridgehead atoms. The zero-order chi connectivity index (χ0) is 16.2. The highest BCUT2D eigenvalue weighted by Crippen LogP contribution is 2.13. The monoisotopic (exact) mass is 310 g/mol. The van der Waals surface area contributed by atoms with Crippen molar-refractivity contribution in [2.75, 3.05) is 33.4 Å². The number of likely N-dealkylation sites (N-methyl/N-ethyl adjacent to an activating group) is 1. The Morgan fingerprint density at radius 3 is 2.41 bits per heavy atom. The van der Waals surface area contributed by atoms with Crippen molar-refractivity contribution in [2.24, 2.45) is 0 Å². The lowest BCUT2D eigenvalue weighted by atomic mass is 10.2. The second-order valence-corrected chi connectivity index (χ2v) is 4.46. The maximum atomic E-state index is 11.5. The van der Waals surface area contributed by atoms with Gasteiger partial charge in [-0.05, 0) is 24.7 Å². The van der Waals surface area contributed by atoms with Gasteiger partial charge in [0.25, 0.3) is 0 Å². The Hall–Kier alpha value is -2.12. The predicted octanol–water partition coefficient (Wildman–Crippen LogP) is 1.07. The van der Waals surface area contributed by atoms with Crippen molar-refractivity contribution in [1.82, 2.24) is 10.6 Å². The third kappa shape index (κ3) is 8.23. The Kier molecular flexibility index (Phi) is 8.63. The minimum Gasteiger partial charge on any atom is -0.461 e. The number of amides is 1. The van der Waals surface area contributed by atoms with Crippen molar-refractivity contribution >= 4 is 12.1 Å². The maximum Gasteiger partial charge on any atom is 0.412 e. The van der Waals surface area contributed by atoms with Crippen LogP contribution in [0.2, 0.25) is 0 Å². The zero-order valence-electron chi connectivity index (χ0n) is 12.9. The number of carbonyl (C=O) groups excluding carboxylic acids is 2. The van der Waals surface area contributed by atoms with Gasteiger partial charge in [0.05, 0.1) is 13.2 Å². The molecule has 0 saturated heterocycles. The number of nitrogens with one attached hydrogen (secondary N) is 2. The summed E-state index contributed by atoms with van der Waals surface area (Å²) in [4.78, 5) is 22.2. The number of benzene rings is 1. The summed E-state index contributed by atoms with van der Waals surface area (Å²) >= 11 is 0. The smallest absolute Gasteiger partial charge is 0.412 e. The SMILES string of the molecule is CNCCOCCNC(=O)Oc1ccc(COC(C)=O)cc1. The van der Waals surface area contributed by atoms with E-state index in [-0.39, 0.29) is 12.6 Å². The molecule has 0 aliphatic carbocycles. The van der Waals surface area contributed by atoms with Gasteiger partial charge in [-0.1, -0.05) is 12.1 Å². The van der Waals surface area contributed by atoms with Crippen LogP contribution in [0.1, 0.15) is 12.5 Å². The fourth-order valence-corrected chi connectivity index (χ4v) is 1.48. The first kappa shape index (κ1) is 17.9. The number of rotatable bonds is 9. The molecule has 1 rings (SSSR count).